The summed E-state index contributed by atoms with van der Waals surface area (Å²) in [6.45, 7) is 1.69. The number of carbonyl (C=O) groups is 1. The van der Waals surface area contributed by atoms with Crippen LogP contribution in [0.5, 0.6) is 0 Å². The lowest BCUT2D eigenvalue weighted by atomic mass is 10.1. The molecule has 17 heavy (non-hydrogen) atoms. The molecule has 94 valence electrons. The number of rotatable bonds is 4. The summed E-state index contributed by atoms with van der Waals surface area (Å²) in [5, 5.41) is 19.6. The quantitative estimate of drug-likeness (QED) is 0.814. The van der Waals surface area contributed by atoms with Gasteiger partial charge >= 0.3 is 5.97 Å². The highest BCUT2D eigenvalue weighted by Crippen LogP contribution is 2.26. The molecular weight excluding hydrogens is 269 g/mol. The molecule has 2 unspecified atom stereocenters. The van der Waals surface area contributed by atoms with Crippen LogP contribution in [0, 0.1) is 0 Å². The van der Waals surface area contributed by atoms with Gasteiger partial charge in [-0.3, -0.25) is 4.98 Å². The van der Waals surface area contributed by atoms with Crippen LogP contribution in [0.1, 0.15) is 18.7 Å². The van der Waals surface area contributed by atoms with Gasteiger partial charge in [0.15, 0.2) is 6.10 Å². The van der Waals surface area contributed by atoms with E-state index in [1.807, 2.05) is 0 Å². The predicted molar refractivity (Wildman–Crippen MR) is 61.9 cm³/mol. The predicted octanol–water partition coefficient (Wildman–Crippen LogP) is 1.35. The van der Waals surface area contributed by atoms with Crippen molar-refractivity contribution in [2.24, 2.45) is 0 Å². The molecule has 0 aromatic carbocycles. The molecule has 0 bridgehead atoms. The Kier molecular flexibility index (Phi) is 5.14. The first-order valence-electron chi connectivity index (χ1n) is 4.81. The fraction of sp³-hybridized carbons (Fsp3) is 0.400. The fourth-order valence-electron chi connectivity index (χ4n) is 1.15. The molecule has 2 atom stereocenters. The van der Waals surface area contributed by atoms with Gasteiger partial charge in [-0.05, 0) is 13.0 Å². The van der Waals surface area contributed by atoms with E-state index in [0.29, 0.717) is 0 Å². The van der Waals surface area contributed by atoms with Crippen LogP contribution in [-0.4, -0.2) is 33.9 Å². The lowest BCUT2D eigenvalue weighted by molar-refractivity contribution is -0.159. The molecule has 0 amide bonds. The number of esters is 1. The highest BCUT2D eigenvalue weighted by Gasteiger charge is 2.29. The maximum Gasteiger partial charge on any atom is 0.338 e. The maximum atomic E-state index is 11.2. The normalized spacial score (nSPS) is 14.2. The van der Waals surface area contributed by atoms with E-state index in [1.165, 1.54) is 12.3 Å². The summed E-state index contributed by atoms with van der Waals surface area (Å²) in [5.74, 6) is -0.937. The minimum Gasteiger partial charge on any atom is -0.464 e. The van der Waals surface area contributed by atoms with Gasteiger partial charge < -0.3 is 14.9 Å². The van der Waals surface area contributed by atoms with Gasteiger partial charge in [0, 0.05) is 6.20 Å². The van der Waals surface area contributed by atoms with E-state index in [4.69, 9.17) is 23.2 Å². The molecule has 7 heteroatoms. The number of aliphatic hydroxyl groups excluding tert-OH is 2. The Morgan fingerprint density at radius 2 is 2.18 bits per heavy atom. The summed E-state index contributed by atoms with van der Waals surface area (Å²) >= 11 is 11.4. The Hall–Kier alpha value is -0.880. The van der Waals surface area contributed by atoms with Crippen molar-refractivity contribution in [3.8, 4) is 0 Å². The number of hydrogen-bond acceptors (Lipinski definition) is 5. The van der Waals surface area contributed by atoms with Gasteiger partial charge in [0.2, 0.25) is 0 Å². The van der Waals surface area contributed by atoms with Crippen molar-refractivity contribution in [1.82, 2.24) is 4.98 Å². The highest BCUT2D eigenvalue weighted by molar-refractivity contribution is 6.34. The van der Waals surface area contributed by atoms with Gasteiger partial charge in [0.05, 0.1) is 22.3 Å². The van der Waals surface area contributed by atoms with E-state index in [9.17, 15) is 15.0 Å². The summed E-state index contributed by atoms with van der Waals surface area (Å²) in [5.41, 5.74) is -0.0309. The van der Waals surface area contributed by atoms with Crippen molar-refractivity contribution in [3.05, 3.63) is 28.0 Å². The minimum absolute atomic E-state index is 0.0309. The van der Waals surface area contributed by atoms with E-state index < -0.39 is 18.2 Å². The third kappa shape index (κ3) is 3.54. The van der Waals surface area contributed by atoms with Crippen LogP contribution in [0.2, 0.25) is 10.0 Å². The van der Waals surface area contributed by atoms with Crippen molar-refractivity contribution in [2.75, 3.05) is 6.61 Å². The SMILES string of the molecule is CCOC(=O)C(O)C(O)c1ncc(Cl)cc1Cl. The highest BCUT2D eigenvalue weighted by atomic mass is 35.5. The van der Waals surface area contributed by atoms with E-state index in [2.05, 4.69) is 9.72 Å². The van der Waals surface area contributed by atoms with Crippen molar-refractivity contribution in [2.45, 2.75) is 19.1 Å². The zero-order chi connectivity index (χ0) is 13.0. The second-order valence-corrected chi connectivity index (χ2v) is 4.01. The van der Waals surface area contributed by atoms with Crippen LogP contribution in [0.25, 0.3) is 0 Å². The molecule has 1 rings (SSSR count). The van der Waals surface area contributed by atoms with Crippen LogP contribution in [0.4, 0.5) is 0 Å². The van der Waals surface area contributed by atoms with E-state index in [1.54, 1.807) is 6.92 Å². The Morgan fingerprint density at radius 3 is 2.71 bits per heavy atom. The Labute approximate surface area is 108 Å². The molecule has 0 radical (unpaired) electrons. The van der Waals surface area contributed by atoms with E-state index in [0.717, 1.165) is 0 Å². The lowest BCUT2D eigenvalue weighted by Crippen LogP contribution is -2.30. The first-order chi connectivity index (χ1) is 7.97. The molecule has 0 aliphatic rings. The van der Waals surface area contributed by atoms with Crippen LogP contribution >= 0.6 is 23.2 Å². The largest absolute Gasteiger partial charge is 0.464 e. The maximum absolute atomic E-state index is 11.2. The third-order valence-corrected chi connectivity index (χ3v) is 2.45. The third-order valence-electron chi connectivity index (χ3n) is 1.94. The number of halogens is 2. The van der Waals surface area contributed by atoms with Crippen molar-refractivity contribution in [1.29, 1.82) is 0 Å². The van der Waals surface area contributed by atoms with Crippen LogP contribution in [-0.2, 0) is 9.53 Å². The molecule has 0 spiro atoms. The zero-order valence-corrected chi connectivity index (χ0v) is 10.4. The molecule has 0 saturated heterocycles. The van der Waals surface area contributed by atoms with Gasteiger partial charge in [-0.15, -0.1) is 0 Å². The topological polar surface area (TPSA) is 79.7 Å². The van der Waals surface area contributed by atoms with Crippen LogP contribution in [0.3, 0.4) is 0 Å². The Morgan fingerprint density at radius 1 is 1.53 bits per heavy atom. The average Bonchev–Trinajstić information content (AvgIpc) is 2.27. The lowest BCUT2D eigenvalue weighted by Gasteiger charge is -2.16. The summed E-state index contributed by atoms with van der Waals surface area (Å²) in [6, 6.07) is 1.35. The Bertz CT molecular complexity index is 413. The molecule has 5 nitrogen and oxygen atoms in total. The first-order valence-corrected chi connectivity index (χ1v) is 5.56. The molecule has 1 heterocycles. The van der Waals surface area contributed by atoms with Crippen LogP contribution in [0.15, 0.2) is 12.3 Å². The first kappa shape index (κ1) is 14.2. The molecule has 2 N–H and O–H groups in total. The van der Waals surface area contributed by atoms with Crippen LogP contribution < -0.4 is 0 Å². The number of nitrogens with zero attached hydrogens (tertiary/aromatic N) is 1. The molecule has 0 aliphatic heterocycles. The molecular formula is C10H11Cl2NO4. The number of pyridine rings is 1. The van der Waals surface area contributed by atoms with Gasteiger partial charge in [0.1, 0.15) is 6.10 Å². The summed E-state index contributed by atoms with van der Waals surface area (Å²) < 4.78 is 4.56. The summed E-state index contributed by atoms with van der Waals surface area (Å²) in [6.07, 6.45) is -2.04. The van der Waals surface area contributed by atoms with Gasteiger partial charge in [-0.25, -0.2) is 4.79 Å². The van der Waals surface area contributed by atoms with E-state index >= 15 is 0 Å². The fourth-order valence-corrected chi connectivity index (χ4v) is 1.64. The van der Waals surface area contributed by atoms with Gasteiger partial charge in [-0.1, -0.05) is 23.2 Å². The summed E-state index contributed by atoms with van der Waals surface area (Å²) in [4.78, 5) is 15.0. The zero-order valence-electron chi connectivity index (χ0n) is 8.93. The molecule has 0 fully saturated rings. The molecule has 0 aliphatic carbocycles. The second-order valence-electron chi connectivity index (χ2n) is 3.16. The monoisotopic (exact) mass is 279 g/mol. The smallest absolute Gasteiger partial charge is 0.338 e. The number of aromatic nitrogens is 1. The van der Waals surface area contributed by atoms with Crippen molar-refractivity contribution in [3.63, 3.8) is 0 Å². The van der Waals surface area contributed by atoms with E-state index in [-0.39, 0.29) is 22.3 Å². The number of hydrogen-bond donors (Lipinski definition) is 2. The molecule has 1 aromatic heterocycles. The second kappa shape index (κ2) is 6.16. The number of ether oxygens (including phenoxy) is 1. The standard InChI is InChI=1S/C10H11Cl2NO4/c1-2-17-10(16)9(15)8(14)7-6(12)3-5(11)4-13-7/h3-4,8-9,14-15H,2H2,1H3. The Balaban J connectivity index is 2.88. The average molecular weight is 280 g/mol. The number of carbonyl (C=O) groups excluding carboxylic acids is 1. The van der Waals surface area contributed by atoms with Gasteiger partial charge in [0.25, 0.3) is 0 Å². The molecule has 1 aromatic rings. The summed E-state index contributed by atoms with van der Waals surface area (Å²) in [7, 11) is 0. The number of aliphatic hydroxyl groups is 2. The van der Waals surface area contributed by atoms with Crippen molar-refractivity contribution < 1.29 is 19.7 Å². The van der Waals surface area contributed by atoms with Gasteiger partial charge in [-0.2, -0.15) is 0 Å². The van der Waals surface area contributed by atoms with Crippen molar-refractivity contribution >= 4 is 29.2 Å². The minimum atomic E-state index is -1.74. The molecule has 0 saturated carbocycles.